The van der Waals surface area contributed by atoms with Crippen molar-refractivity contribution in [3.05, 3.63) is 56.4 Å². The van der Waals surface area contributed by atoms with Gasteiger partial charge in [0.05, 0.1) is 10.3 Å². The summed E-state index contributed by atoms with van der Waals surface area (Å²) in [6, 6.07) is 8.17. The molecule has 6 heteroatoms. The largest absolute Gasteiger partial charge is 0.304 e. The minimum Gasteiger partial charge on any atom is -0.304 e. The number of aromatic nitrogens is 2. The predicted octanol–water partition coefficient (Wildman–Crippen LogP) is 3.30. The van der Waals surface area contributed by atoms with E-state index in [0.29, 0.717) is 15.1 Å². The number of rotatable bonds is 1. The van der Waals surface area contributed by atoms with Crippen molar-refractivity contribution in [3.63, 3.8) is 0 Å². The Morgan fingerprint density at radius 3 is 2.96 bits per heavy atom. The Hall–Kier alpha value is -2.47. The van der Waals surface area contributed by atoms with Crippen molar-refractivity contribution in [2.75, 3.05) is 4.90 Å². The zero-order valence-corrected chi connectivity index (χ0v) is 15.6. The van der Waals surface area contributed by atoms with E-state index in [2.05, 4.69) is 18.0 Å². The maximum absolute atomic E-state index is 13.4. The van der Waals surface area contributed by atoms with Crippen molar-refractivity contribution in [1.29, 1.82) is 0 Å². The molecule has 26 heavy (non-hydrogen) atoms. The topological polar surface area (TPSA) is 55.2 Å². The minimum atomic E-state index is -0.0208. The highest BCUT2D eigenvalue weighted by Gasteiger charge is 2.34. The second-order valence-electron chi connectivity index (χ2n) is 7.18. The molecule has 0 bridgehead atoms. The highest BCUT2D eigenvalue weighted by atomic mass is 32.1. The van der Waals surface area contributed by atoms with Gasteiger partial charge in [0, 0.05) is 24.7 Å². The van der Waals surface area contributed by atoms with Crippen molar-refractivity contribution >= 4 is 33.1 Å². The van der Waals surface area contributed by atoms with Crippen LogP contribution in [0.2, 0.25) is 0 Å². The molecule has 0 fully saturated rings. The van der Waals surface area contributed by atoms with Gasteiger partial charge in [-0.15, -0.1) is 11.3 Å². The second-order valence-corrected chi connectivity index (χ2v) is 8.18. The lowest BCUT2D eigenvalue weighted by Crippen LogP contribution is -2.35. The Morgan fingerprint density at radius 2 is 2.12 bits per heavy atom. The standard InChI is InChI=1S/C20H19N3O2S/c1-11-10-13-6-3-4-7-14(13)23(11)20(25)17-12(2)16-18(26-17)21-15-8-5-9-22(15)19(16)24/h3-4,6-7,11H,5,8-10H2,1-2H3. The van der Waals surface area contributed by atoms with Gasteiger partial charge in [0.15, 0.2) is 0 Å². The molecule has 2 aromatic heterocycles. The molecule has 132 valence electrons. The number of benzene rings is 1. The van der Waals surface area contributed by atoms with Crippen molar-refractivity contribution in [2.45, 2.75) is 45.7 Å². The zero-order valence-electron chi connectivity index (χ0n) is 14.8. The molecule has 1 amide bonds. The summed E-state index contributed by atoms with van der Waals surface area (Å²) < 4.78 is 1.77. The predicted molar refractivity (Wildman–Crippen MR) is 103 cm³/mol. The van der Waals surface area contributed by atoms with Gasteiger partial charge in [0.25, 0.3) is 11.5 Å². The van der Waals surface area contributed by atoms with E-state index in [9.17, 15) is 9.59 Å². The average Bonchev–Trinajstić information content (AvgIpc) is 3.30. The summed E-state index contributed by atoms with van der Waals surface area (Å²) in [5.41, 5.74) is 2.95. The normalized spacial score (nSPS) is 18.4. The summed E-state index contributed by atoms with van der Waals surface area (Å²) in [6.07, 6.45) is 2.66. The van der Waals surface area contributed by atoms with E-state index in [-0.39, 0.29) is 17.5 Å². The molecule has 1 atom stereocenters. The maximum atomic E-state index is 13.4. The van der Waals surface area contributed by atoms with Gasteiger partial charge in [-0.1, -0.05) is 18.2 Å². The van der Waals surface area contributed by atoms with Gasteiger partial charge in [0.1, 0.15) is 10.7 Å². The highest BCUT2D eigenvalue weighted by molar-refractivity contribution is 7.20. The molecule has 0 radical (unpaired) electrons. The van der Waals surface area contributed by atoms with E-state index < -0.39 is 0 Å². The lowest BCUT2D eigenvalue weighted by molar-refractivity contribution is 0.0985. The molecular formula is C20H19N3O2S. The third kappa shape index (κ3) is 2.05. The SMILES string of the molecule is Cc1c(C(=O)N2c3ccccc3CC2C)sc2nc3n(c(=O)c12)CCC3. The van der Waals surface area contributed by atoms with Crippen molar-refractivity contribution in [2.24, 2.45) is 0 Å². The molecule has 4 heterocycles. The van der Waals surface area contributed by atoms with E-state index in [1.807, 2.05) is 30.0 Å². The number of fused-ring (bicyclic) bond motifs is 3. The molecule has 0 N–H and O–H groups in total. The van der Waals surface area contributed by atoms with Crippen LogP contribution in [-0.2, 0) is 19.4 Å². The summed E-state index contributed by atoms with van der Waals surface area (Å²) in [4.78, 5) is 34.1. The number of hydrogen-bond acceptors (Lipinski definition) is 4. The average molecular weight is 365 g/mol. The molecule has 2 aliphatic heterocycles. The molecule has 0 aliphatic carbocycles. The lowest BCUT2D eigenvalue weighted by atomic mass is 10.1. The number of hydrogen-bond donors (Lipinski definition) is 0. The first kappa shape index (κ1) is 15.8. The summed E-state index contributed by atoms with van der Waals surface area (Å²) in [5, 5.41) is 0.615. The van der Waals surface area contributed by atoms with E-state index in [0.717, 1.165) is 42.9 Å². The van der Waals surface area contributed by atoms with E-state index in [1.54, 1.807) is 4.57 Å². The van der Waals surface area contributed by atoms with Gasteiger partial charge >= 0.3 is 0 Å². The number of nitrogens with zero attached hydrogens (tertiary/aromatic N) is 3. The Balaban J connectivity index is 1.66. The fraction of sp³-hybridized carbons (Fsp3) is 0.350. The summed E-state index contributed by atoms with van der Waals surface area (Å²) in [5.74, 6) is 0.829. The molecule has 3 aromatic rings. The van der Waals surface area contributed by atoms with Gasteiger partial charge in [0.2, 0.25) is 0 Å². The number of carbonyl (C=O) groups excluding carboxylic acids is 1. The molecule has 0 spiro atoms. The first-order valence-corrected chi connectivity index (χ1v) is 9.82. The fourth-order valence-corrected chi connectivity index (χ4v) is 5.39. The van der Waals surface area contributed by atoms with Gasteiger partial charge < -0.3 is 4.90 Å². The fourth-order valence-electron chi connectivity index (χ4n) is 4.26. The monoisotopic (exact) mass is 365 g/mol. The first-order chi connectivity index (χ1) is 12.6. The van der Waals surface area contributed by atoms with Crippen molar-refractivity contribution in [1.82, 2.24) is 9.55 Å². The Kier molecular flexibility index (Phi) is 3.34. The van der Waals surface area contributed by atoms with Crippen LogP contribution in [0, 0.1) is 6.92 Å². The van der Waals surface area contributed by atoms with Crippen LogP contribution in [0.5, 0.6) is 0 Å². The molecule has 5 nitrogen and oxygen atoms in total. The summed E-state index contributed by atoms with van der Waals surface area (Å²) in [7, 11) is 0. The van der Waals surface area contributed by atoms with E-state index in [1.165, 1.54) is 16.9 Å². The maximum Gasteiger partial charge on any atom is 0.268 e. The van der Waals surface area contributed by atoms with E-state index >= 15 is 0 Å². The van der Waals surface area contributed by atoms with Crippen molar-refractivity contribution in [3.8, 4) is 0 Å². The van der Waals surface area contributed by atoms with Crippen LogP contribution in [0.25, 0.3) is 10.2 Å². The smallest absolute Gasteiger partial charge is 0.268 e. The first-order valence-electron chi connectivity index (χ1n) is 9.00. The number of thiophene rings is 1. The lowest BCUT2D eigenvalue weighted by Gasteiger charge is -2.22. The molecule has 0 saturated heterocycles. The molecule has 5 rings (SSSR count). The van der Waals surface area contributed by atoms with Gasteiger partial charge in [-0.05, 0) is 43.9 Å². The molecule has 1 unspecified atom stereocenters. The third-order valence-corrected chi connectivity index (χ3v) is 6.71. The third-order valence-electron chi connectivity index (χ3n) is 5.53. The van der Waals surface area contributed by atoms with Crippen LogP contribution in [-0.4, -0.2) is 21.5 Å². The second kappa shape index (κ2) is 5.51. The number of carbonyl (C=O) groups is 1. The van der Waals surface area contributed by atoms with Crippen LogP contribution in [0.3, 0.4) is 0 Å². The molecule has 1 aromatic carbocycles. The van der Waals surface area contributed by atoms with Crippen molar-refractivity contribution < 1.29 is 4.79 Å². The molecule has 2 aliphatic rings. The minimum absolute atomic E-state index is 0.00479. The van der Waals surface area contributed by atoms with Crippen LogP contribution >= 0.6 is 11.3 Å². The Bertz CT molecular complexity index is 1130. The van der Waals surface area contributed by atoms with Crippen LogP contribution in [0.15, 0.2) is 29.1 Å². The number of aryl methyl sites for hydroxylation is 2. The summed E-state index contributed by atoms with van der Waals surface area (Å²) >= 11 is 1.36. The van der Waals surface area contributed by atoms with Gasteiger partial charge in [-0.2, -0.15) is 0 Å². The zero-order chi connectivity index (χ0) is 18.0. The highest BCUT2D eigenvalue weighted by Crippen LogP contribution is 2.36. The summed E-state index contributed by atoms with van der Waals surface area (Å²) in [6.45, 7) is 4.68. The number of para-hydroxylation sites is 1. The Morgan fingerprint density at radius 1 is 1.31 bits per heavy atom. The quantitative estimate of drug-likeness (QED) is 0.665. The van der Waals surface area contributed by atoms with Crippen LogP contribution < -0.4 is 10.5 Å². The van der Waals surface area contributed by atoms with E-state index in [4.69, 9.17) is 0 Å². The van der Waals surface area contributed by atoms with Crippen LogP contribution in [0.4, 0.5) is 5.69 Å². The number of anilines is 1. The molecular weight excluding hydrogens is 346 g/mol. The van der Waals surface area contributed by atoms with Gasteiger partial charge in [-0.3, -0.25) is 14.2 Å². The van der Waals surface area contributed by atoms with Gasteiger partial charge in [-0.25, -0.2) is 4.98 Å². The number of amides is 1. The Labute approximate surface area is 154 Å². The van der Waals surface area contributed by atoms with Crippen LogP contribution in [0.1, 0.15) is 40.0 Å². The molecule has 0 saturated carbocycles.